The van der Waals surface area contributed by atoms with Crippen molar-refractivity contribution < 1.29 is 18.3 Å². The molecule has 0 radical (unpaired) electrons. The van der Waals surface area contributed by atoms with Crippen LogP contribution < -0.4 is 0 Å². The molecule has 2 fully saturated rings. The van der Waals surface area contributed by atoms with Crippen LogP contribution in [-0.4, -0.2) is 42.1 Å². The van der Waals surface area contributed by atoms with Gasteiger partial charge in [-0.15, -0.1) is 0 Å². The monoisotopic (exact) mass is 303 g/mol. The van der Waals surface area contributed by atoms with Crippen LogP contribution in [0.4, 0.5) is 0 Å². The van der Waals surface area contributed by atoms with Gasteiger partial charge in [-0.1, -0.05) is 26.2 Å². The largest absolute Gasteiger partial charge is 0.481 e. The van der Waals surface area contributed by atoms with Crippen LogP contribution in [0.25, 0.3) is 0 Å². The van der Waals surface area contributed by atoms with Gasteiger partial charge in [0.05, 0.1) is 10.7 Å². The van der Waals surface area contributed by atoms with Crippen LogP contribution in [0.3, 0.4) is 0 Å². The van der Waals surface area contributed by atoms with Gasteiger partial charge in [0.1, 0.15) is 0 Å². The van der Waals surface area contributed by atoms with Crippen molar-refractivity contribution in [2.45, 2.75) is 63.5 Å². The fraction of sp³-hybridized carbons (Fsp3) is 0.929. The van der Waals surface area contributed by atoms with Crippen molar-refractivity contribution in [3.63, 3.8) is 0 Å². The molecule has 0 aromatic carbocycles. The lowest BCUT2D eigenvalue weighted by Gasteiger charge is -2.40. The molecule has 1 saturated heterocycles. The van der Waals surface area contributed by atoms with Gasteiger partial charge in [0.2, 0.25) is 10.0 Å². The molecule has 0 bridgehead atoms. The number of aliphatic carboxylic acids is 1. The maximum atomic E-state index is 12.7. The summed E-state index contributed by atoms with van der Waals surface area (Å²) in [6.07, 6.45) is 6.21. The van der Waals surface area contributed by atoms with Gasteiger partial charge in [-0.05, 0) is 32.1 Å². The Morgan fingerprint density at radius 2 is 1.90 bits per heavy atom. The normalized spacial score (nSPS) is 30.2. The Morgan fingerprint density at radius 3 is 2.45 bits per heavy atom. The van der Waals surface area contributed by atoms with Crippen LogP contribution in [0, 0.1) is 5.41 Å². The zero-order chi connectivity index (χ0) is 14.8. The third-order valence-electron chi connectivity index (χ3n) is 5.01. The molecule has 20 heavy (non-hydrogen) atoms. The summed E-state index contributed by atoms with van der Waals surface area (Å²) in [6, 6.07) is 0. The Morgan fingerprint density at radius 1 is 1.25 bits per heavy atom. The van der Waals surface area contributed by atoms with E-state index < -0.39 is 21.4 Å². The number of hydrogen-bond donors (Lipinski definition) is 1. The fourth-order valence-corrected chi connectivity index (χ4v) is 5.66. The first-order valence-corrected chi connectivity index (χ1v) is 9.15. The average molecular weight is 303 g/mol. The van der Waals surface area contributed by atoms with E-state index >= 15 is 0 Å². The number of nitrogens with zero attached hydrogens (tertiary/aromatic N) is 1. The fourth-order valence-electron chi connectivity index (χ4n) is 3.49. The maximum absolute atomic E-state index is 12.7. The van der Waals surface area contributed by atoms with E-state index in [9.17, 15) is 18.3 Å². The van der Waals surface area contributed by atoms with E-state index in [0.29, 0.717) is 25.8 Å². The summed E-state index contributed by atoms with van der Waals surface area (Å²) >= 11 is 0. The van der Waals surface area contributed by atoms with Gasteiger partial charge in [-0.2, -0.15) is 0 Å². The number of piperidine rings is 1. The summed E-state index contributed by atoms with van der Waals surface area (Å²) in [7, 11) is -3.33. The van der Waals surface area contributed by atoms with Crippen LogP contribution in [0.5, 0.6) is 0 Å². The van der Waals surface area contributed by atoms with Gasteiger partial charge in [0.15, 0.2) is 0 Å². The Bertz CT molecular complexity index is 456. The summed E-state index contributed by atoms with van der Waals surface area (Å²) in [5.74, 6) is -0.858. The molecule has 1 N–H and O–H groups in total. The minimum atomic E-state index is -3.33. The van der Waals surface area contributed by atoms with Gasteiger partial charge in [-0.25, -0.2) is 12.7 Å². The van der Waals surface area contributed by atoms with Crippen molar-refractivity contribution in [3.8, 4) is 0 Å². The van der Waals surface area contributed by atoms with Crippen molar-refractivity contribution in [2.75, 3.05) is 13.1 Å². The predicted molar refractivity (Wildman–Crippen MR) is 77.0 cm³/mol. The van der Waals surface area contributed by atoms with E-state index in [0.717, 1.165) is 32.1 Å². The SMILES string of the molecule is CCC1(C(=O)O)CCCN(S(=O)(=O)C2CCCCC2)C1. The van der Waals surface area contributed by atoms with Crippen molar-refractivity contribution in [2.24, 2.45) is 5.41 Å². The minimum absolute atomic E-state index is 0.150. The first-order valence-electron chi connectivity index (χ1n) is 7.65. The third-order valence-corrected chi connectivity index (χ3v) is 7.35. The topological polar surface area (TPSA) is 74.7 Å². The van der Waals surface area contributed by atoms with Crippen molar-refractivity contribution >= 4 is 16.0 Å². The van der Waals surface area contributed by atoms with E-state index in [-0.39, 0.29) is 11.8 Å². The zero-order valence-electron chi connectivity index (χ0n) is 12.2. The van der Waals surface area contributed by atoms with Gasteiger partial charge in [-0.3, -0.25) is 4.79 Å². The van der Waals surface area contributed by atoms with Crippen LogP contribution in [0.2, 0.25) is 0 Å². The van der Waals surface area contributed by atoms with Crippen LogP contribution in [0.1, 0.15) is 58.3 Å². The second-order valence-electron chi connectivity index (χ2n) is 6.18. The first-order chi connectivity index (χ1) is 9.42. The molecule has 0 amide bonds. The molecule has 2 aliphatic rings. The summed E-state index contributed by atoms with van der Waals surface area (Å²) in [4.78, 5) is 11.5. The molecule has 1 saturated carbocycles. The zero-order valence-corrected chi connectivity index (χ0v) is 13.0. The summed E-state index contributed by atoms with van der Waals surface area (Å²) in [5, 5.41) is 9.17. The van der Waals surface area contributed by atoms with Gasteiger partial charge < -0.3 is 5.11 Å². The molecule has 1 aliphatic carbocycles. The molecular weight excluding hydrogens is 278 g/mol. The Hall–Kier alpha value is -0.620. The van der Waals surface area contributed by atoms with E-state index in [2.05, 4.69) is 0 Å². The second-order valence-corrected chi connectivity index (χ2v) is 8.39. The van der Waals surface area contributed by atoms with Crippen molar-refractivity contribution in [1.82, 2.24) is 4.31 Å². The number of carboxylic acid groups (broad SMARTS) is 1. The van der Waals surface area contributed by atoms with Crippen LogP contribution in [0.15, 0.2) is 0 Å². The van der Waals surface area contributed by atoms with Crippen molar-refractivity contribution in [1.29, 1.82) is 0 Å². The standard InChI is InChI=1S/C14H25NO4S/c1-2-14(13(16)17)9-6-10-15(11-14)20(18,19)12-7-4-3-5-8-12/h12H,2-11H2,1H3,(H,16,17). The Kier molecular flexibility index (Phi) is 4.74. The molecule has 1 heterocycles. The quantitative estimate of drug-likeness (QED) is 0.864. The lowest BCUT2D eigenvalue weighted by Crippen LogP contribution is -2.52. The first kappa shape index (κ1) is 15.8. The summed E-state index contributed by atoms with van der Waals surface area (Å²) < 4.78 is 26.9. The molecule has 1 aliphatic heterocycles. The highest BCUT2D eigenvalue weighted by Crippen LogP contribution is 2.37. The van der Waals surface area contributed by atoms with E-state index in [1.807, 2.05) is 6.92 Å². The number of carbonyl (C=O) groups is 1. The highest BCUT2D eigenvalue weighted by Gasteiger charge is 2.45. The van der Waals surface area contributed by atoms with E-state index in [1.54, 1.807) is 0 Å². The Labute approximate surface area is 121 Å². The van der Waals surface area contributed by atoms with Gasteiger partial charge in [0.25, 0.3) is 0 Å². The Balaban J connectivity index is 2.17. The number of hydrogen-bond acceptors (Lipinski definition) is 3. The van der Waals surface area contributed by atoms with E-state index in [4.69, 9.17) is 0 Å². The molecule has 2 rings (SSSR count). The molecular formula is C14H25NO4S. The minimum Gasteiger partial charge on any atom is -0.481 e. The number of sulfonamides is 1. The third kappa shape index (κ3) is 2.86. The van der Waals surface area contributed by atoms with E-state index in [1.165, 1.54) is 4.31 Å². The average Bonchev–Trinajstić information content (AvgIpc) is 2.48. The summed E-state index contributed by atoms with van der Waals surface area (Å²) in [5.41, 5.74) is -0.889. The highest BCUT2D eigenvalue weighted by atomic mass is 32.2. The number of rotatable bonds is 4. The molecule has 6 heteroatoms. The van der Waals surface area contributed by atoms with Crippen LogP contribution in [-0.2, 0) is 14.8 Å². The number of carboxylic acids is 1. The molecule has 1 atom stereocenters. The maximum Gasteiger partial charge on any atom is 0.310 e. The van der Waals surface area contributed by atoms with Crippen LogP contribution >= 0.6 is 0 Å². The smallest absolute Gasteiger partial charge is 0.310 e. The van der Waals surface area contributed by atoms with Gasteiger partial charge in [0, 0.05) is 13.1 Å². The second kappa shape index (κ2) is 6.02. The van der Waals surface area contributed by atoms with Gasteiger partial charge >= 0.3 is 5.97 Å². The lowest BCUT2D eigenvalue weighted by molar-refractivity contribution is -0.151. The molecule has 0 aromatic heterocycles. The van der Waals surface area contributed by atoms with Crippen molar-refractivity contribution in [3.05, 3.63) is 0 Å². The highest BCUT2D eigenvalue weighted by molar-refractivity contribution is 7.89. The molecule has 1 unspecified atom stereocenters. The summed E-state index contributed by atoms with van der Waals surface area (Å²) in [6.45, 7) is 2.47. The predicted octanol–water partition coefficient (Wildman–Crippen LogP) is 2.23. The molecule has 116 valence electrons. The molecule has 0 spiro atoms. The lowest BCUT2D eigenvalue weighted by atomic mass is 9.78. The molecule has 0 aromatic rings. The molecule has 5 nitrogen and oxygen atoms in total.